The van der Waals surface area contributed by atoms with Crippen LogP contribution in [0.3, 0.4) is 0 Å². The quantitative estimate of drug-likeness (QED) is 0.132. The van der Waals surface area contributed by atoms with Gasteiger partial charge in [0.2, 0.25) is 0 Å². The zero-order valence-electron chi connectivity index (χ0n) is 47.7. The van der Waals surface area contributed by atoms with Crippen LogP contribution in [0.25, 0.3) is 177 Å². The maximum absolute atomic E-state index is 5.13. The van der Waals surface area contributed by atoms with Crippen LogP contribution in [0.15, 0.2) is 283 Å². The lowest BCUT2D eigenvalue weighted by atomic mass is 9.96. The maximum Gasteiger partial charge on any atom is 0.143 e. The molecule has 0 unspecified atom stereocenters. The largest absolute Gasteiger partial charge is 0.255 e. The van der Waals surface area contributed by atoms with Crippen LogP contribution in [0.2, 0.25) is 0 Å². The molecule has 0 aliphatic heterocycles. The van der Waals surface area contributed by atoms with E-state index in [9.17, 15) is 0 Å². The Kier molecular flexibility index (Phi) is 12.5. The third-order valence-electron chi connectivity index (χ3n) is 16.6. The van der Waals surface area contributed by atoms with Gasteiger partial charge in [0.25, 0.3) is 0 Å². The van der Waals surface area contributed by atoms with E-state index in [1.54, 1.807) is 12.4 Å². The van der Waals surface area contributed by atoms with Crippen LogP contribution in [0, 0.1) is 0 Å². The Balaban J connectivity index is 0.000000139. The molecule has 0 aliphatic carbocycles. The van der Waals surface area contributed by atoms with Gasteiger partial charge in [0.1, 0.15) is 22.1 Å². The van der Waals surface area contributed by atoms with Crippen molar-refractivity contribution >= 4 is 87.2 Å². The highest BCUT2D eigenvalue weighted by Crippen LogP contribution is 2.40. The second-order valence-electron chi connectivity index (χ2n) is 22.0. The fraction of sp³-hybridized carbons (Fsp3) is 0. The topological polar surface area (TPSA) is 168 Å². The van der Waals surface area contributed by atoms with Crippen molar-refractivity contribution < 1.29 is 9.26 Å². The molecule has 9 heterocycles. The Morgan fingerprint density at radius 2 is 0.633 bits per heavy atom. The normalized spacial score (nSPS) is 11.6. The second-order valence-corrected chi connectivity index (χ2v) is 22.0. The fourth-order valence-corrected chi connectivity index (χ4v) is 12.2. The highest BCUT2D eigenvalue weighted by molar-refractivity contribution is 6.22. The van der Waals surface area contributed by atoms with Gasteiger partial charge in [0.15, 0.2) is 0 Å². The summed E-state index contributed by atoms with van der Waals surface area (Å²) in [4.78, 5) is 34.3. The van der Waals surface area contributed by atoms with Crippen molar-refractivity contribution in [3.8, 4) is 90.1 Å². The van der Waals surface area contributed by atoms with Crippen molar-refractivity contribution in [3.63, 3.8) is 0 Å². The minimum Gasteiger partial charge on any atom is -0.255 e. The van der Waals surface area contributed by atoms with Crippen LogP contribution in [-0.4, -0.2) is 55.5 Å². The number of para-hydroxylation sites is 2. The summed E-state index contributed by atoms with van der Waals surface area (Å²) in [6.45, 7) is 0. The number of fused-ring (bicyclic) bond motifs is 13. The SMILES string of the molecule is c1ccc(-c2cc(-c3ccc(-c4ccc(-c5nc6ccccc6c6c5ccc5nonc56)cc4)cc3)cc(-c3ccccn3)n2)nc1.c1ccc(-c2ccc3ccc4ccc(-c5ccc(-c6nc7ccccc7c7c6ccc6nonc67)cc5)nc4c3n2)cc1. The molecule has 0 atom stereocenters. The van der Waals surface area contributed by atoms with Crippen molar-refractivity contribution in [2.45, 2.75) is 0 Å². The zero-order valence-corrected chi connectivity index (χ0v) is 47.7. The van der Waals surface area contributed by atoms with Gasteiger partial charge in [-0.1, -0.05) is 176 Å². The van der Waals surface area contributed by atoms with Crippen molar-refractivity contribution in [2.24, 2.45) is 0 Å². The summed E-state index contributed by atoms with van der Waals surface area (Å²) >= 11 is 0. The van der Waals surface area contributed by atoms with E-state index in [0.717, 1.165) is 177 Å². The molecule has 18 rings (SSSR count). The number of aromatic nitrogens is 11. The van der Waals surface area contributed by atoms with Crippen molar-refractivity contribution in [3.05, 3.63) is 273 Å². The van der Waals surface area contributed by atoms with Gasteiger partial charge in [-0.3, -0.25) is 9.97 Å². The summed E-state index contributed by atoms with van der Waals surface area (Å²) in [7, 11) is 0. The first-order valence-electron chi connectivity index (χ1n) is 29.4. The minimum absolute atomic E-state index is 0.727. The Morgan fingerprint density at radius 1 is 0.222 bits per heavy atom. The number of pyridine rings is 7. The van der Waals surface area contributed by atoms with Crippen LogP contribution in [0.5, 0.6) is 0 Å². The Morgan fingerprint density at radius 3 is 1.11 bits per heavy atom. The summed E-state index contributed by atoms with van der Waals surface area (Å²) in [5.41, 5.74) is 21.9. The summed E-state index contributed by atoms with van der Waals surface area (Å²) in [6.07, 6.45) is 3.57. The minimum atomic E-state index is 0.727. The first-order chi connectivity index (χ1) is 44.6. The molecule has 420 valence electrons. The fourth-order valence-electron chi connectivity index (χ4n) is 12.2. The average Bonchev–Trinajstić information content (AvgIpc) is 1.34. The van der Waals surface area contributed by atoms with Crippen LogP contribution in [0.4, 0.5) is 0 Å². The number of hydrogen-bond donors (Lipinski definition) is 0. The van der Waals surface area contributed by atoms with Gasteiger partial charge >= 0.3 is 0 Å². The van der Waals surface area contributed by atoms with Gasteiger partial charge < -0.3 is 0 Å². The summed E-state index contributed by atoms with van der Waals surface area (Å²) in [6, 6.07) is 88.6. The van der Waals surface area contributed by atoms with Gasteiger partial charge in [-0.15, -0.1) is 0 Å². The van der Waals surface area contributed by atoms with Crippen LogP contribution < -0.4 is 0 Å². The number of hydrogen-bond acceptors (Lipinski definition) is 13. The van der Waals surface area contributed by atoms with E-state index in [1.807, 2.05) is 103 Å². The van der Waals surface area contributed by atoms with Crippen LogP contribution >= 0.6 is 0 Å². The van der Waals surface area contributed by atoms with Crippen LogP contribution in [-0.2, 0) is 0 Å². The molecule has 0 saturated heterocycles. The molecule has 13 nitrogen and oxygen atoms in total. The third kappa shape index (κ3) is 9.25. The Hall–Kier alpha value is -12.6. The second kappa shape index (κ2) is 21.7. The molecule has 90 heavy (non-hydrogen) atoms. The molecule has 18 aromatic rings. The smallest absolute Gasteiger partial charge is 0.143 e. The van der Waals surface area contributed by atoms with E-state index in [-0.39, 0.29) is 0 Å². The molecule has 0 spiro atoms. The third-order valence-corrected chi connectivity index (χ3v) is 16.6. The molecule has 0 N–H and O–H groups in total. The lowest BCUT2D eigenvalue weighted by molar-refractivity contribution is 0.316. The van der Waals surface area contributed by atoms with Gasteiger partial charge in [-0.25, -0.2) is 34.2 Å². The molecular weight excluding hydrogens is 1110 g/mol. The predicted molar refractivity (Wildman–Crippen MR) is 357 cm³/mol. The van der Waals surface area contributed by atoms with Gasteiger partial charge in [-0.05, 0) is 128 Å². The lowest BCUT2D eigenvalue weighted by Gasteiger charge is -2.11. The first kappa shape index (κ1) is 51.8. The van der Waals surface area contributed by atoms with Gasteiger partial charge in [-0.2, -0.15) is 0 Å². The van der Waals surface area contributed by atoms with Crippen LogP contribution in [0.1, 0.15) is 0 Å². The van der Waals surface area contributed by atoms with Crippen molar-refractivity contribution in [2.75, 3.05) is 0 Å². The van der Waals surface area contributed by atoms with E-state index >= 15 is 0 Å². The highest BCUT2D eigenvalue weighted by Gasteiger charge is 2.19. The molecular formula is C77H45N11O2. The Bertz CT molecular complexity index is 5710. The Labute approximate surface area is 512 Å². The van der Waals surface area contributed by atoms with E-state index in [1.165, 1.54) is 0 Å². The van der Waals surface area contributed by atoms with E-state index in [0.29, 0.717) is 0 Å². The molecule has 9 aromatic carbocycles. The van der Waals surface area contributed by atoms with Crippen molar-refractivity contribution in [1.29, 1.82) is 0 Å². The summed E-state index contributed by atoms with van der Waals surface area (Å²) in [5.74, 6) is 0. The molecule has 0 aliphatic rings. The van der Waals surface area contributed by atoms with Gasteiger partial charge in [0.05, 0.1) is 67.6 Å². The molecule has 13 heteroatoms. The average molecular weight is 1160 g/mol. The number of benzene rings is 9. The molecule has 9 aromatic heterocycles. The summed E-state index contributed by atoms with van der Waals surface area (Å²) < 4.78 is 10.2. The van der Waals surface area contributed by atoms with E-state index in [4.69, 9.17) is 34.2 Å². The first-order valence-corrected chi connectivity index (χ1v) is 29.4. The predicted octanol–water partition coefficient (Wildman–Crippen LogP) is 18.5. The van der Waals surface area contributed by atoms with Gasteiger partial charge in [0, 0.05) is 77.7 Å². The summed E-state index contributed by atoms with van der Waals surface area (Å²) in [5, 5.41) is 24.8. The molecule has 0 radical (unpaired) electrons. The highest BCUT2D eigenvalue weighted by atomic mass is 16.6. The standard InChI is InChI=1S/C40H24N6O.C37H21N5O/c1-2-8-32-30(7-1)38-31(19-20-35-40(38)46-47-45-35)39(44-32)28-17-15-26(16-18-28)25-11-13-27(14-12-25)29-23-36(33-9-3-5-21-41-33)43-37(24-29)34-10-4-6-22-42-34;1-2-6-22(7-3-1)29-19-16-25-14-15-26-17-20-30(39-36(26)35(25)38-29)23-10-12-24(13-11-23)34-28-18-21-32-37(42-43-41-32)33(28)27-8-4-5-9-31(27)40-34/h1-24H;1-21H. The monoisotopic (exact) mass is 1160 g/mol. The molecule has 0 bridgehead atoms. The zero-order chi connectivity index (χ0) is 59.5. The lowest BCUT2D eigenvalue weighted by Crippen LogP contribution is -1.94. The van der Waals surface area contributed by atoms with E-state index in [2.05, 4.69) is 188 Å². The van der Waals surface area contributed by atoms with E-state index < -0.39 is 0 Å². The molecule has 0 saturated carbocycles. The molecule has 0 fully saturated rings. The molecule has 0 amide bonds. The number of rotatable bonds is 8. The maximum atomic E-state index is 5.13. The number of nitrogens with zero attached hydrogens (tertiary/aromatic N) is 11. The van der Waals surface area contributed by atoms with Crippen molar-refractivity contribution in [1.82, 2.24) is 55.5 Å².